The summed E-state index contributed by atoms with van der Waals surface area (Å²) in [4.78, 5) is 0. The zero-order valence-corrected chi connectivity index (χ0v) is 14.3. The second kappa shape index (κ2) is 8.38. The number of hydrazine groups is 1. The number of unbranched alkanes of at least 4 members (excludes halogenated alkanes) is 1. The van der Waals surface area contributed by atoms with E-state index in [-0.39, 0.29) is 6.04 Å². The fourth-order valence-electron chi connectivity index (χ4n) is 3.51. The Morgan fingerprint density at radius 2 is 1.90 bits per heavy atom. The lowest BCUT2D eigenvalue weighted by Crippen LogP contribution is -2.35. The SMILES string of the molecule is CCCCC1CCC(C(NN)c2ccc(Cl)c(Cl)c2)CC1. The Morgan fingerprint density at radius 3 is 2.48 bits per heavy atom. The first kappa shape index (κ1) is 17.1. The molecule has 1 aromatic rings. The van der Waals surface area contributed by atoms with Gasteiger partial charge < -0.3 is 0 Å². The number of rotatable bonds is 6. The molecule has 0 amide bonds. The second-order valence-corrected chi connectivity index (χ2v) is 7.06. The van der Waals surface area contributed by atoms with E-state index in [4.69, 9.17) is 29.0 Å². The van der Waals surface area contributed by atoms with E-state index < -0.39 is 0 Å². The minimum absolute atomic E-state index is 0.173. The van der Waals surface area contributed by atoms with Gasteiger partial charge in [0.15, 0.2) is 0 Å². The van der Waals surface area contributed by atoms with Crippen LogP contribution in [0.1, 0.15) is 63.5 Å². The first-order chi connectivity index (χ1) is 10.2. The molecule has 0 spiro atoms. The fourth-order valence-corrected chi connectivity index (χ4v) is 3.82. The highest BCUT2D eigenvalue weighted by atomic mass is 35.5. The molecular weight excluding hydrogens is 303 g/mol. The molecule has 0 bridgehead atoms. The highest BCUT2D eigenvalue weighted by Crippen LogP contribution is 2.39. The topological polar surface area (TPSA) is 38.0 Å². The lowest BCUT2D eigenvalue weighted by molar-refractivity contribution is 0.213. The number of nitrogens with one attached hydrogen (secondary N) is 1. The molecule has 1 unspecified atom stereocenters. The zero-order valence-electron chi connectivity index (χ0n) is 12.7. The quantitative estimate of drug-likeness (QED) is 0.534. The molecule has 21 heavy (non-hydrogen) atoms. The van der Waals surface area contributed by atoms with Crippen molar-refractivity contribution in [1.82, 2.24) is 5.43 Å². The molecule has 1 aliphatic carbocycles. The van der Waals surface area contributed by atoms with E-state index in [1.807, 2.05) is 18.2 Å². The van der Waals surface area contributed by atoms with Crippen molar-refractivity contribution in [1.29, 1.82) is 0 Å². The van der Waals surface area contributed by atoms with Gasteiger partial charge in [0.25, 0.3) is 0 Å². The van der Waals surface area contributed by atoms with Crippen molar-refractivity contribution in [3.05, 3.63) is 33.8 Å². The van der Waals surface area contributed by atoms with E-state index in [1.165, 1.54) is 44.9 Å². The summed E-state index contributed by atoms with van der Waals surface area (Å²) in [6.45, 7) is 2.27. The average molecular weight is 329 g/mol. The molecule has 1 aromatic carbocycles. The molecule has 0 saturated heterocycles. The Balaban J connectivity index is 1.97. The molecule has 0 radical (unpaired) electrons. The van der Waals surface area contributed by atoms with Gasteiger partial charge in [0, 0.05) is 6.04 Å². The zero-order chi connectivity index (χ0) is 15.2. The molecule has 0 heterocycles. The summed E-state index contributed by atoms with van der Waals surface area (Å²) in [7, 11) is 0. The number of hydrogen-bond acceptors (Lipinski definition) is 2. The Morgan fingerprint density at radius 1 is 1.19 bits per heavy atom. The van der Waals surface area contributed by atoms with Gasteiger partial charge in [-0.05, 0) is 42.4 Å². The Labute approximate surface area is 138 Å². The molecule has 1 fully saturated rings. The number of benzene rings is 1. The van der Waals surface area contributed by atoms with Crippen LogP contribution < -0.4 is 11.3 Å². The maximum Gasteiger partial charge on any atom is 0.0595 e. The smallest absolute Gasteiger partial charge is 0.0595 e. The van der Waals surface area contributed by atoms with Crippen LogP contribution >= 0.6 is 23.2 Å². The Kier molecular flexibility index (Phi) is 6.81. The van der Waals surface area contributed by atoms with Crippen LogP contribution in [-0.2, 0) is 0 Å². The van der Waals surface area contributed by atoms with Crippen LogP contribution in [0.25, 0.3) is 0 Å². The van der Waals surface area contributed by atoms with Crippen LogP contribution in [0.4, 0.5) is 0 Å². The van der Waals surface area contributed by atoms with Crippen LogP contribution in [0.5, 0.6) is 0 Å². The lowest BCUT2D eigenvalue weighted by Gasteiger charge is -2.34. The van der Waals surface area contributed by atoms with Gasteiger partial charge in [-0.1, -0.05) is 68.3 Å². The van der Waals surface area contributed by atoms with Gasteiger partial charge in [-0.15, -0.1) is 0 Å². The molecule has 1 atom stereocenters. The largest absolute Gasteiger partial charge is 0.271 e. The number of nitrogens with two attached hydrogens (primary N) is 1. The van der Waals surface area contributed by atoms with Crippen molar-refractivity contribution in [2.45, 2.75) is 57.9 Å². The number of hydrogen-bond donors (Lipinski definition) is 2. The third kappa shape index (κ3) is 4.59. The lowest BCUT2D eigenvalue weighted by atomic mass is 9.75. The highest BCUT2D eigenvalue weighted by Gasteiger charge is 2.28. The maximum absolute atomic E-state index is 6.13. The first-order valence-electron chi connectivity index (χ1n) is 8.06. The summed E-state index contributed by atoms with van der Waals surface area (Å²) in [5, 5.41) is 1.20. The van der Waals surface area contributed by atoms with Crippen LogP contribution in [0.2, 0.25) is 10.0 Å². The standard InChI is InChI=1S/C17H26Cl2N2/c1-2-3-4-12-5-7-13(8-6-12)17(21-20)14-9-10-15(18)16(19)11-14/h9-13,17,21H,2-8,20H2,1H3. The van der Waals surface area contributed by atoms with E-state index in [1.54, 1.807) is 0 Å². The van der Waals surface area contributed by atoms with Gasteiger partial charge in [-0.3, -0.25) is 11.3 Å². The van der Waals surface area contributed by atoms with E-state index >= 15 is 0 Å². The Bertz CT molecular complexity index is 442. The summed E-state index contributed by atoms with van der Waals surface area (Å²) in [5.41, 5.74) is 4.13. The molecule has 0 aliphatic heterocycles. The van der Waals surface area contributed by atoms with Crippen molar-refractivity contribution in [3.8, 4) is 0 Å². The third-order valence-electron chi connectivity index (χ3n) is 4.81. The fraction of sp³-hybridized carbons (Fsp3) is 0.647. The van der Waals surface area contributed by atoms with Crippen molar-refractivity contribution in [2.24, 2.45) is 17.7 Å². The maximum atomic E-state index is 6.13. The molecule has 0 aromatic heterocycles. The predicted molar refractivity (Wildman–Crippen MR) is 91.5 cm³/mol. The minimum Gasteiger partial charge on any atom is -0.271 e. The molecule has 1 aliphatic rings. The van der Waals surface area contributed by atoms with Crippen LogP contribution in [0.3, 0.4) is 0 Å². The molecular formula is C17H26Cl2N2. The van der Waals surface area contributed by atoms with E-state index in [0.29, 0.717) is 16.0 Å². The summed E-state index contributed by atoms with van der Waals surface area (Å²) >= 11 is 12.1. The molecule has 2 rings (SSSR count). The summed E-state index contributed by atoms with van der Waals surface area (Å²) in [6.07, 6.45) is 9.18. The summed E-state index contributed by atoms with van der Waals surface area (Å²) in [5.74, 6) is 7.31. The van der Waals surface area contributed by atoms with Gasteiger partial charge in [0.2, 0.25) is 0 Å². The average Bonchev–Trinajstić information content (AvgIpc) is 2.50. The molecule has 118 valence electrons. The Hall–Kier alpha value is -0.280. The molecule has 2 nitrogen and oxygen atoms in total. The van der Waals surface area contributed by atoms with Gasteiger partial charge in [-0.25, -0.2) is 0 Å². The first-order valence-corrected chi connectivity index (χ1v) is 8.82. The van der Waals surface area contributed by atoms with Crippen molar-refractivity contribution in [2.75, 3.05) is 0 Å². The third-order valence-corrected chi connectivity index (χ3v) is 5.55. The normalized spacial score (nSPS) is 24.0. The van der Waals surface area contributed by atoms with Crippen LogP contribution in [-0.4, -0.2) is 0 Å². The monoisotopic (exact) mass is 328 g/mol. The van der Waals surface area contributed by atoms with Gasteiger partial charge in [-0.2, -0.15) is 0 Å². The van der Waals surface area contributed by atoms with Crippen LogP contribution in [0, 0.1) is 11.8 Å². The second-order valence-electron chi connectivity index (χ2n) is 6.24. The highest BCUT2D eigenvalue weighted by molar-refractivity contribution is 6.42. The molecule has 3 N–H and O–H groups in total. The van der Waals surface area contributed by atoms with E-state index in [0.717, 1.165) is 11.5 Å². The van der Waals surface area contributed by atoms with Gasteiger partial charge in [0.05, 0.1) is 10.0 Å². The van der Waals surface area contributed by atoms with Gasteiger partial charge >= 0.3 is 0 Å². The molecule has 4 heteroatoms. The van der Waals surface area contributed by atoms with Crippen molar-refractivity contribution < 1.29 is 0 Å². The van der Waals surface area contributed by atoms with Crippen molar-refractivity contribution in [3.63, 3.8) is 0 Å². The van der Waals surface area contributed by atoms with E-state index in [9.17, 15) is 0 Å². The summed E-state index contributed by atoms with van der Waals surface area (Å²) in [6, 6.07) is 6.00. The van der Waals surface area contributed by atoms with E-state index in [2.05, 4.69) is 12.3 Å². The predicted octanol–water partition coefficient (Wildman–Crippen LogP) is 5.49. The molecule has 1 saturated carbocycles. The van der Waals surface area contributed by atoms with Gasteiger partial charge in [0.1, 0.15) is 0 Å². The summed E-state index contributed by atoms with van der Waals surface area (Å²) < 4.78 is 0. The number of halogens is 2. The van der Waals surface area contributed by atoms with Crippen molar-refractivity contribution >= 4 is 23.2 Å². The van der Waals surface area contributed by atoms with Crippen LogP contribution in [0.15, 0.2) is 18.2 Å². The minimum atomic E-state index is 0.173.